The number of hydrogen-bond acceptors (Lipinski definition) is 2. The Morgan fingerprint density at radius 3 is 2.71 bits per heavy atom. The molecule has 0 amide bonds. The Kier molecular flexibility index (Phi) is 5.79. The molecule has 0 radical (unpaired) electrons. The first kappa shape index (κ1) is 13.4. The fourth-order valence-corrected chi connectivity index (χ4v) is 3.48. The van der Waals surface area contributed by atoms with Gasteiger partial charge in [0.25, 0.3) is 0 Å². The molecule has 0 aromatic rings. The molecule has 0 aromatic heterocycles. The van der Waals surface area contributed by atoms with Gasteiger partial charge in [-0.15, -0.1) is 0 Å². The molecule has 17 heavy (non-hydrogen) atoms. The Bertz CT molecular complexity index is 199. The van der Waals surface area contributed by atoms with Crippen molar-refractivity contribution in [1.82, 2.24) is 10.6 Å². The van der Waals surface area contributed by atoms with Crippen molar-refractivity contribution in [2.75, 3.05) is 13.1 Å². The van der Waals surface area contributed by atoms with Crippen molar-refractivity contribution in [2.24, 2.45) is 5.92 Å². The summed E-state index contributed by atoms with van der Waals surface area (Å²) in [5.41, 5.74) is 0. The molecule has 1 aliphatic carbocycles. The van der Waals surface area contributed by atoms with E-state index in [1.807, 2.05) is 0 Å². The summed E-state index contributed by atoms with van der Waals surface area (Å²) in [4.78, 5) is 0. The molecule has 0 spiro atoms. The normalized spacial score (nSPS) is 31.6. The Balaban J connectivity index is 1.78. The number of piperidine rings is 1. The molecule has 2 heteroatoms. The summed E-state index contributed by atoms with van der Waals surface area (Å²) >= 11 is 0. The van der Waals surface area contributed by atoms with Crippen LogP contribution in [0.1, 0.15) is 64.7 Å². The maximum Gasteiger partial charge on any atom is 0.0122 e. The lowest BCUT2D eigenvalue weighted by molar-refractivity contribution is 0.222. The summed E-state index contributed by atoms with van der Waals surface area (Å²) in [7, 11) is 0. The minimum atomic E-state index is 0.797. The van der Waals surface area contributed by atoms with Gasteiger partial charge in [0, 0.05) is 12.1 Å². The van der Waals surface area contributed by atoms with E-state index in [4.69, 9.17) is 0 Å². The van der Waals surface area contributed by atoms with Crippen molar-refractivity contribution >= 4 is 0 Å². The Labute approximate surface area is 107 Å². The van der Waals surface area contributed by atoms with E-state index in [9.17, 15) is 0 Å². The van der Waals surface area contributed by atoms with Crippen LogP contribution >= 0.6 is 0 Å². The quantitative estimate of drug-likeness (QED) is 0.769. The molecule has 100 valence electrons. The SMILES string of the molecule is CCCCC1CNCCC1NC1CCCCC1. The zero-order valence-electron chi connectivity index (χ0n) is 11.5. The second kappa shape index (κ2) is 7.38. The highest BCUT2D eigenvalue weighted by Gasteiger charge is 2.26. The monoisotopic (exact) mass is 238 g/mol. The van der Waals surface area contributed by atoms with Crippen molar-refractivity contribution in [1.29, 1.82) is 0 Å². The van der Waals surface area contributed by atoms with Gasteiger partial charge < -0.3 is 10.6 Å². The number of unbranched alkanes of at least 4 members (excludes halogenated alkanes) is 1. The maximum absolute atomic E-state index is 3.98. The van der Waals surface area contributed by atoms with Gasteiger partial charge in [-0.2, -0.15) is 0 Å². The molecule has 2 N–H and O–H groups in total. The van der Waals surface area contributed by atoms with E-state index in [1.54, 1.807) is 0 Å². The lowest BCUT2D eigenvalue weighted by Crippen LogP contribution is -2.51. The van der Waals surface area contributed by atoms with Crippen LogP contribution in [0.15, 0.2) is 0 Å². The Hall–Kier alpha value is -0.0800. The van der Waals surface area contributed by atoms with Gasteiger partial charge in [-0.1, -0.05) is 39.0 Å². The fourth-order valence-electron chi connectivity index (χ4n) is 3.48. The minimum absolute atomic E-state index is 0.797. The summed E-state index contributed by atoms with van der Waals surface area (Å²) in [6.45, 7) is 4.76. The lowest BCUT2D eigenvalue weighted by atomic mass is 9.86. The van der Waals surface area contributed by atoms with E-state index in [2.05, 4.69) is 17.6 Å². The van der Waals surface area contributed by atoms with Crippen molar-refractivity contribution in [2.45, 2.75) is 76.8 Å². The molecule has 1 saturated heterocycles. The van der Waals surface area contributed by atoms with Crippen molar-refractivity contribution < 1.29 is 0 Å². The topological polar surface area (TPSA) is 24.1 Å². The molecule has 0 bridgehead atoms. The van der Waals surface area contributed by atoms with Crippen LogP contribution in [0, 0.1) is 5.92 Å². The van der Waals surface area contributed by atoms with E-state index in [-0.39, 0.29) is 0 Å². The molecular weight excluding hydrogens is 208 g/mol. The van der Waals surface area contributed by atoms with Gasteiger partial charge in [-0.3, -0.25) is 0 Å². The van der Waals surface area contributed by atoms with Gasteiger partial charge in [0.2, 0.25) is 0 Å². The smallest absolute Gasteiger partial charge is 0.0122 e. The summed E-state index contributed by atoms with van der Waals surface area (Å²) in [5.74, 6) is 0.880. The van der Waals surface area contributed by atoms with Crippen LogP contribution in [0.4, 0.5) is 0 Å². The van der Waals surface area contributed by atoms with E-state index < -0.39 is 0 Å². The number of hydrogen-bond donors (Lipinski definition) is 2. The third-order valence-corrected chi connectivity index (χ3v) is 4.59. The highest BCUT2D eigenvalue weighted by Crippen LogP contribution is 2.23. The molecular formula is C15H30N2. The van der Waals surface area contributed by atoms with Gasteiger partial charge >= 0.3 is 0 Å². The molecule has 0 aromatic carbocycles. The fraction of sp³-hybridized carbons (Fsp3) is 1.00. The molecule has 2 atom stereocenters. The Morgan fingerprint density at radius 2 is 1.94 bits per heavy atom. The summed E-state index contributed by atoms with van der Waals surface area (Å²) in [6, 6.07) is 1.63. The number of nitrogens with one attached hydrogen (secondary N) is 2. The average Bonchev–Trinajstić information content (AvgIpc) is 2.39. The van der Waals surface area contributed by atoms with Gasteiger partial charge in [-0.25, -0.2) is 0 Å². The van der Waals surface area contributed by atoms with Gasteiger partial charge in [0.05, 0.1) is 0 Å². The van der Waals surface area contributed by atoms with Gasteiger partial charge in [-0.05, 0) is 44.7 Å². The van der Waals surface area contributed by atoms with Crippen LogP contribution in [-0.2, 0) is 0 Å². The van der Waals surface area contributed by atoms with E-state index >= 15 is 0 Å². The van der Waals surface area contributed by atoms with Gasteiger partial charge in [0.1, 0.15) is 0 Å². The second-order valence-electron chi connectivity index (χ2n) is 6.00. The standard InChI is InChI=1S/C15H30N2/c1-2-3-7-13-12-16-11-10-15(13)17-14-8-5-4-6-9-14/h13-17H,2-12H2,1H3. The van der Waals surface area contributed by atoms with Crippen LogP contribution < -0.4 is 10.6 Å². The summed E-state index contributed by atoms with van der Waals surface area (Å²) < 4.78 is 0. The molecule has 1 saturated carbocycles. The van der Waals surface area contributed by atoms with E-state index in [1.165, 1.54) is 70.9 Å². The first-order valence-electron chi connectivity index (χ1n) is 7.87. The van der Waals surface area contributed by atoms with Crippen LogP contribution in [0.2, 0.25) is 0 Å². The summed E-state index contributed by atoms with van der Waals surface area (Å²) in [5, 5.41) is 7.55. The molecule has 2 rings (SSSR count). The van der Waals surface area contributed by atoms with E-state index in [0.29, 0.717) is 0 Å². The van der Waals surface area contributed by atoms with Crippen LogP contribution in [0.3, 0.4) is 0 Å². The minimum Gasteiger partial charge on any atom is -0.316 e. The van der Waals surface area contributed by atoms with Gasteiger partial charge in [0.15, 0.2) is 0 Å². The zero-order valence-corrected chi connectivity index (χ0v) is 11.5. The lowest BCUT2D eigenvalue weighted by Gasteiger charge is -2.37. The van der Waals surface area contributed by atoms with Crippen molar-refractivity contribution in [3.63, 3.8) is 0 Å². The summed E-state index contributed by atoms with van der Waals surface area (Å²) in [6.07, 6.45) is 12.7. The Morgan fingerprint density at radius 1 is 1.12 bits per heavy atom. The highest BCUT2D eigenvalue weighted by molar-refractivity contribution is 4.86. The van der Waals surface area contributed by atoms with Crippen LogP contribution in [-0.4, -0.2) is 25.2 Å². The molecule has 2 unspecified atom stereocenters. The average molecular weight is 238 g/mol. The molecule has 2 aliphatic rings. The van der Waals surface area contributed by atoms with Crippen LogP contribution in [0.5, 0.6) is 0 Å². The maximum atomic E-state index is 3.98. The third-order valence-electron chi connectivity index (χ3n) is 4.59. The highest BCUT2D eigenvalue weighted by atomic mass is 15.0. The molecule has 2 nitrogen and oxygen atoms in total. The van der Waals surface area contributed by atoms with E-state index in [0.717, 1.165) is 18.0 Å². The first-order chi connectivity index (χ1) is 8.40. The third kappa shape index (κ3) is 4.26. The molecule has 1 heterocycles. The predicted octanol–water partition coefficient (Wildman–Crippen LogP) is 3.08. The van der Waals surface area contributed by atoms with Crippen molar-refractivity contribution in [3.05, 3.63) is 0 Å². The van der Waals surface area contributed by atoms with Crippen LogP contribution in [0.25, 0.3) is 0 Å². The first-order valence-corrected chi connectivity index (χ1v) is 7.87. The molecule has 2 fully saturated rings. The second-order valence-corrected chi connectivity index (χ2v) is 6.00. The predicted molar refractivity (Wildman–Crippen MR) is 74.3 cm³/mol. The zero-order chi connectivity index (χ0) is 11.9. The largest absolute Gasteiger partial charge is 0.316 e. The number of rotatable bonds is 5. The molecule has 1 aliphatic heterocycles. The van der Waals surface area contributed by atoms with Crippen molar-refractivity contribution in [3.8, 4) is 0 Å².